The molecule has 0 saturated heterocycles. The SMILES string of the molecule is COCCNC(=O)C(c1ccc(Cl)cc1)N(C(=O)CCC(=O)Nc1cccnc1)c1ccccc1. The van der Waals surface area contributed by atoms with Crippen LogP contribution in [0.25, 0.3) is 0 Å². The van der Waals surface area contributed by atoms with Crippen LogP contribution in [0.4, 0.5) is 11.4 Å². The Morgan fingerprint density at radius 1 is 1.00 bits per heavy atom. The quantitative estimate of drug-likeness (QED) is 0.392. The third-order valence-corrected chi connectivity index (χ3v) is 5.36. The second-order valence-corrected chi connectivity index (χ2v) is 8.06. The van der Waals surface area contributed by atoms with Crippen molar-refractivity contribution in [3.63, 3.8) is 0 Å². The molecule has 0 aliphatic carbocycles. The molecule has 1 unspecified atom stereocenters. The predicted molar refractivity (Wildman–Crippen MR) is 135 cm³/mol. The molecular formula is C26H27ClN4O4. The van der Waals surface area contributed by atoms with E-state index in [1.54, 1.807) is 74.0 Å². The van der Waals surface area contributed by atoms with E-state index in [1.807, 2.05) is 6.07 Å². The first-order chi connectivity index (χ1) is 17.0. The van der Waals surface area contributed by atoms with Gasteiger partial charge in [-0.15, -0.1) is 0 Å². The van der Waals surface area contributed by atoms with Crippen LogP contribution in [0.5, 0.6) is 0 Å². The second-order valence-electron chi connectivity index (χ2n) is 7.63. The van der Waals surface area contributed by atoms with Gasteiger partial charge < -0.3 is 15.4 Å². The number of hydrogen-bond acceptors (Lipinski definition) is 5. The Kier molecular flexibility index (Phi) is 9.77. The minimum Gasteiger partial charge on any atom is -0.383 e. The minimum absolute atomic E-state index is 0.0598. The number of nitrogens with zero attached hydrogens (tertiary/aromatic N) is 2. The maximum Gasteiger partial charge on any atom is 0.247 e. The van der Waals surface area contributed by atoms with Crippen molar-refractivity contribution in [2.24, 2.45) is 0 Å². The molecule has 3 aromatic rings. The summed E-state index contributed by atoms with van der Waals surface area (Å²) in [4.78, 5) is 44.7. The zero-order valence-electron chi connectivity index (χ0n) is 19.3. The Labute approximate surface area is 209 Å². The first-order valence-electron chi connectivity index (χ1n) is 11.1. The number of benzene rings is 2. The van der Waals surface area contributed by atoms with E-state index in [-0.39, 0.29) is 37.1 Å². The largest absolute Gasteiger partial charge is 0.383 e. The number of para-hydroxylation sites is 1. The maximum atomic E-state index is 13.5. The molecule has 0 spiro atoms. The topological polar surface area (TPSA) is 101 Å². The molecule has 2 N–H and O–H groups in total. The van der Waals surface area contributed by atoms with Crippen LogP contribution >= 0.6 is 11.6 Å². The van der Waals surface area contributed by atoms with Crippen molar-refractivity contribution in [1.29, 1.82) is 0 Å². The van der Waals surface area contributed by atoms with Crippen LogP contribution in [0.2, 0.25) is 5.02 Å². The number of ether oxygens (including phenoxy) is 1. The number of pyridine rings is 1. The molecule has 0 fully saturated rings. The van der Waals surface area contributed by atoms with Crippen LogP contribution in [0, 0.1) is 0 Å². The summed E-state index contributed by atoms with van der Waals surface area (Å²) in [6, 6.07) is 18.1. The minimum atomic E-state index is -0.972. The van der Waals surface area contributed by atoms with E-state index in [1.165, 1.54) is 11.1 Å². The summed E-state index contributed by atoms with van der Waals surface area (Å²) in [7, 11) is 1.54. The van der Waals surface area contributed by atoms with Gasteiger partial charge in [0.05, 0.1) is 18.5 Å². The highest BCUT2D eigenvalue weighted by molar-refractivity contribution is 6.30. The van der Waals surface area contributed by atoms with Gasteiger partial charge in [0, 0.05) is 43.4 Å². The number of halogens is 1. The highest BCUT2D eigenvalue weighted by atomic mass is 35.5. The normalized spacial score (nSPS) is 11.4. The van der Waals surface area contributed by atoms with Gasteiger partial charge in [-0.3, -0.25) is 24.3 Å². The molecule has 182 valence electrons. The Bertz CT molecular complexity index is 1110. The molecule has 1 atom stereocenters. The van der Waals surface area contributed by atoms with Gasteiger partial charge in [0.2, 0.25) is 17.7 Å². The number of aromatic nitrogens is 1. The number of nitrogens with one attached hydrogen (secondary N) is 2. The molecule has 3 amide bonds. The molecule has 1 aromatic heterocycles. The molecular weight excluding hydrogens is 468 g/mol. The van der Waals surface area contributed by atoms with Gasteiger partial charge in [-0.1, -0.05) is 41.9 Å². The lowest BCUT2D eigenvalue weighted by Gasteiger charge is -2.31. The monoisotopic (exact) mass is 494 g/mol. The zero-order chi connectivity index (χ0) is 25.0. The van der Waals surface area contributed by atoms with Crippen LogP contribution in [0.3, 0.4) is 0 Å². The van der Waals surface area contributed by atoms with Crippen LogP contribution in [-0.2, 0) is 19.1 Å². The summed E-state index contributed by atoms with van der Waals surface area (Å²) < 4.78 is 5.04. The third kappa shape index (κ3) is 7.63. The molecule has 35 heavy (non-hydrogen) atoms. The predicted octanol–water partition coefficient (Wildman–Crippen LogP) is 3.99. The number of rotatable bonds is 11. The molecule has 0 saturated carbocycles. The van der Waals surface area contributed by atoms with E-state index >= 15 is 0 Å². The van der Waals surface area contributed by atoms with Gasteiger partial charge in [0.15, 0.2) is 0 Å². The third-order valence-electron chi connectivity index (χ3n) is 5.11. The van der Waals surface area contributed by atoms with E-state index in [0.29, 0.717) is 28.6 Å². The lowest BCUT2D eigenvalue weighted by Crippen LogP contribution is -2.45. The van der Waals surface area contributed by atoms with Gasteiger partial charge in [-0.05, 0) is 42.0 Å². The van der Waals surface area contributed by atoms with Crippen LogP contribution < -0.4 is 15.5 Å². The van der Waals surface area contributed by atoms with Gasteiger partial charge in [-0.25, -0.2) is 0 Å². The Morgan fingerprint density at radius 3 is 2.40 bits per heavy atom. The first-order valence-corrected chi connectivity index (χ1v) is 11.5. The highest BCUT2D eigenvalue weighted by Gasteiger charge is 2.32. The van der Waals surface area contributed by atoms with E-state index in [2.05, 4.69) is 15.6 Å². The van der Waals surface area contributed by atoms with Crippen molar-refractivity contribution in [2.45, 2.75) is 18.9 Å². The second kappa shape index (κ2) is 13.2. The summed E-state index contributed by atoms with van der Waals surface area (Å²) in [5.74, 6) is -1.08. The van der Waals surface area contributed by atoms with Crippen LogP contribution in [0.1, 0.15) is 24.4 Å². The van der Waals surface area contributed by atoms with Crippen molar-refractivity contribution in [2.75, 3.05) is 30.5 Å². The fourth-order valence-corrected chi connectivity index (χ4v) is 3.59. The van der Waals surface area contributed by atoms with Crippen LogP contribution in [0.15, 0.2) is 79.1 Å². The van der Waals surface area contributed by atoms with Crippen molar-refractivity contribution in [3.05, 3.63) is 89.7 Å². The van der Waals surface area contributed by atoms with E-state index in [4.69, 9.17) is 16.3 Å². The number of carbonyl (C=O) groups is 3. The van der Waals surface area contributed by atoms with E-state index in [9.17, 15) is 14.4 Å². The smallest absolute Gasteiger partial charge is 0.247 e. The molecule has 3 rings (SSSR count). The number of methoxy groups -OCH3 is 1. The molecule has 8 nitrogen and oxygen atoms in total. The number of amides is 3. The summed E-state index contributed by atoms with van der Waals surface area (Å²) in [6.45, 7) is 0.608. The molecule has 0 bridgehead atoms. The summed E-state index contributed by atoms with van der Waals surface area (Å²) in [5, 5.41) is 6.05. The van der Waals surface area contributed by atoms with Gasteiger partial charge in [0.1, 0.15) is 6.04 Å². The molecule has 0 aliphatic rings. The van der Waals surface area contributed by atoms with Gasteiger partial charge >= 0.3 is 0 Å². The summed E-state index contributed by atoms with van der Waals surface area (Å²) in [5.41, 5.74) is 1.66. The molecule has 1 heterocycles. The molecule has 9 heteroatoms. The average molecular weight is 495 g/mol. The Hall–Kier alpha value is -3.75. The zero-order valence-corrected chi connectivity index (χ0v) is 20.1. The number of carbonyl (C=O) groups excluding carboxylic acids is 3. The number of hydrogen-bond donors (Lipinski definition) is 2. The van der Waals surface area contributed by atoms with Gasteiger partial charge in [-0.2, -0.15) is 0 Å². The average Bonchev–Trinajstić information content (AvgIpc) is 2.87. The van der Waals surface area contributed by atoms with Gasteiger partial charge in [0.25, 0.3) is 0 Å². The maximum absolute atomic E-state index is 13.5. The summed E-state index contributed by atoms with van der Waals surface area (Å²) in [6.07, 6.45) is 2.97. The summed E-state index contributed by atoms with van der Waals surface area (Å²) >= 11 is 6.06. The molecule has 0 aliphatic heterocycles. The Morgan fingerprint density at radius 2 is 1.74 bits per heavy atom. The fourth-order valence-electron chi connectivity index (χ4n) is 3.46. The van der Waals surface area contributed by atoms with Crippen molar-refractivity contribution in [1.82, 2.24) is 10.3 Å². The fraction of sp³-hybridized carbons (Fsp3) is 0.231. The molecule has 0 radical (unpaired) electrons. The van der Waals surface area contributed by atoms with Crippen molar-refractivity contribution < 1.29 is 19.1 Å². The standard InChI is InChI=1S/C26H27ClN4O4/c1-35-17-16-29-26(34)25(19-9-11-20(27)12-10-19)31(22-7-3-2-4-8-22)24(33)14-13-23(32)30-21-6-5-15-28-18-21/h2-12,15,18,25H,13-14,16-17H2,1H3,(H,29,34)(H,30,32). The molecule has 2 aromatic carbocycles. The highest BCUT2D eigenvalue weighted by Crippen LogP contribution is 2.29. The van der Waals surface area contributed by atoms with Crippen molar-refractivity contribution >= 4 is 40.7 Å². The van der Waals surface area contributed by atoms with Crippen molar-refractivity contribution in [3.8, 4) is 0 Å². The Balaban J connectivity index is 1.86. The lowest BCUT2D eigenvalue weighted by atomic mass is 10.0. The lowest BCUT2D eigenvalue weighted by molar-refractivity contribution is -0.127. The van der Waals surface area contributed by atoms with Crippen LogP contribution in [-0.4, -0.2) is 43.0 Å². The van der Waals surface area contributed by atoms with E-state index < -0.39 is 6.04 Å². The first kappa shape index (κ1) is 25.9. The number of anilines is 2. The van der Waals surface area contributed by atoms with E-state index in [0.717, 1.165) is 0 Å².